The van der Waals surface area contributed by atoms with Crippen molar-refractivity contribution in [3.8, 4) is 0 Å². The van der Waals surface area contributed by atoms with Crippen molar-refractivity contribution >= 4 is 28.0 Å². The van der Waals surface area contributed by atoms with Crippen LogP contribution < -0.4 is 21.9 Å². The number of unbranched alkanes of at least 4 members (excludes halogenated alkanes) is 1. The first-order chi connectivity index (χ1) is 16.9. The number of aryl methyl sites for hydroxylation is 3. The van der Waals surface area contributed by atoms with Crippen LogP contribution in [0.25, 0.3) is 22.1 Å². The third-order valence-electron chi connectivity index (χ3n) is 6.83. The highest BCUT2D eigenvalue weighted by Crippen LogP contribution is 2.23. The minimum absolute atomic E-state index is 0.00397. The molecule has 184 valence electrons. The van der Waals surface area contributed by atoms with Crippen LogP contribution in [0, 0.1) is 6.92 Å². The van der Waals surface area contributed by atoms with Crippen LogP contribution in [0.5, 0.6) is 0 Å². The Bertz CT molecular complexity index is 1520. The minimum Gasteiger partial charge on any atom is -0.341 e. The fourth-order valence-corrected chi connectivity index (χ4v) is 4.97. The van der Waals surface area contributed by atoms with E-state index in [1.54, 1.807) is 7.05 Å². The van der Waals surface area contributed by atoms with Gasteiger partial charge < -0.3 is 15.2 Å². The Balaban J connectivity index is 1.67. The van der Waals surface area contributed by atoms with Gasteiger partial charge in [-0.3, -0.25) is 13.9 Å². The smallest absolute Gasteiger partial charge is 0.332 e. The Morgan fingerprint density at radius 2 is 1.91 bits per heavy atom. The summed E-state index contributed by atoms with van der Waals surface area (Å²) >= 11 is 0. The summed E-state index contributed by atoms with van der Waals surface area (Å²) in [4.78, 5) is 43.2. The summed E-state index contributed by atoms with van der Waals surface area (Å²) in [7, 11) is 1.66. The van der Waals surface area contributed by atoms with Crippen LogP contribution in [0.15, 0.2) is 33.9 Å². The second-order valence-corrected chi connectivity index (χ2v) is 9.41. The quantitative estimate of drug-likeness (QED) is 0.452. The zero-order valence-corrected chi connectivity index (χ0v) is 20.6. The normalized spacial score (nSPS) is 16.5. The highest BCUT2D eigenvalue weighted by Gasteiger charge is 2.26. The van der Waals surface area contributed by atoms with Gasteiger partial charge in [0.15, 0.2) is 11.2 Å². The molecule has 10 nitrogen and oxygen atoms in total. The second-order valence-electron chi connectivity index (χ2n) is 9.41. The molecule has 1 fully saturated rings. The first kappa shape index (κ1) is 23.2. The van der Waals surface area contributed by atoms with Crippen molar-refractivity contribution in [3.05, 3.63) is 56.6 Å². The number of nitrogens with two attached hydrogens (primary N) is 1. The van der Waals surface area contributed by atoms with Crippen molar-refractivity contribution in [2.24, 2.45) is 12.8 Å². The van der Waals surface area contributed by atoms with Crippen molar-refractivity contribution < 1.29 is 0 Å². The molecule has 4 aromatic rings. The Morgan fingerprint density at radius 3 is 2.69 bits per heavy atom. The van der Waals surface area contributed by atoms with Gasteiger partial charge in [-0.1, -0.05) is 31.5 Å². The van der Waals surface area contributed by atoms with Crippen LogP contribution in [-0.4, -0.2) is 47.8 Å². The Kier molecular flexibility index (Phi) is 6.14. The van der Waals surface area contributed by atoms with Gasteiger partial charge in [0.2, 0.25) is 5.95 Å². The molecule has 1 saturated heterocycles. The molecule has 5 rings (SSSR count). The third kappa shape index (κ3) is 4.12. The van der Waals surface area contributed by atoms with E-state index in [0.717, 1.165) is 48.8 Å². The third-order valence-corrected chi connectivity index (χ3v) is 6.83. The average molecular weight is 477 g/mol. The van der Waals surface area contributed by atoms with Gasteiger partial charge in [0.05, 0.1) is 12.1 Å². The maximum absolute atomic E-state index is 13.8. The molecule has 2 N–H and O–H groups in total. The SMILES string of the molecule is CCCCn1c(N2CCCC(N)C2)nc2c1c(=O)n(Cc1nc(C)c3ccccc3n1)c(=O)n2C. The largest absolute Gasteiger partial charge is 0.341 e. The van der Waals surface area contributed by atoms with E-state index in [-0.39, 0.29) is 18.1 Å². The molecule has 0 spiro atoms. The second kappa shape index (κ2) is 9.26. The summed E-state index contributed by atoms with van der Waals surface area (Å²) in [5.41, 5.74) is 7.88. The van der Waals surface area contributed by atoms with Gasteiger partial charge in [0.25, 0.3) is 5.56 Å². The van der Waals surface area contributed by atoms with Crippen molar-refractivity contribution in [1.82, 2.24) is 28.7 Å². The van der Waals surface area contributed by atoms with E-state index in [2.05, 4.69) is 21.8 Å². The molecule has 1 aliphatic heterocycles. The number of nitrogens with zero attached hydrogens (tertiary/aromatic N) is 7. The lowest BCUT2D eigenvalue weighted by Gasteiger charge is -2.31. The number of benzene rings is 1. The number of hydrogen-bond donors (Lipinski definition) is 1. The first-order valence-corrected chi connectivity index (χ1v) is 12.3. The van der Waals surface area contributed by atoms with Gasteiger partial charge in [0.1, 0.15) is 5.82 Å². The fourth-order valence-electron chi connectivity index (χ4n) is 4.97. The van der Waals surface area contributed by atoms with E-state index in [1.807, 2.05) is 35.8 Å². The number of aromatic nitrogens is 6. The molecule has 10 heteroatoms. The van der Waals surface area contributed by atoms with Gasteiger partial charge in [-0.05, 0) is 32.3 Å². The van der Waals surface area contributed by atoms with Crippen LogP contribution in [0.2, 0.25) is 0 Å². The van der Waals surface area contributed by atoms with E-state index in [1.165, 1.54) is 9.13 Å². The van der Waals surface area contributed by atoms with E-state index >= 15 is 0 Å². The number of rotatable bonds is 6. The van der Waals surface area contributed by atoms with E-state index < -0.39 is 5.69 Å². The van der Waals surface area contributed by atoms with Gasteiger partial charge in [-0.2, -0.15) is 4.98 Å². The first-order valence-electron chi connectivity index (χ1n) is 12.3. The lowest BCUT2D eigenvalue weighted by molar-refractivity contribution is 0.491. The molecule has 0 saturated carbocycles. The summed E-state index contributed by atoms with van der Waals surface area (Å²) in [5, 5.41) is 0.953. The molecular weight excluding hydrogens is 444 g/mol. The molecule has 1 aromatic carbocycles. The van der Waals surface area contributed by atoms with Crippen LogP contribution in [0.4, 0.5) is 5.95 Å². The number of fused-ring (bicyclic) bond motifs is 2. The molecule has 1 unspecified atom stereocenters. The van der Waals surface area contributed by atoms with Gasteiger partial charge in [-0.15, -0.1) is 0 Å². The van der Waals surface area contributed by atoms with E-state index in [4.69, 9.17) is 10.7 Å². The van der Waals surface area contributed by atoms with Crippen LogP contribution in [0.1, 0.15) is 44.1 Å². The van der Waals surface area contributed by atoms with Crippen LogP contribution in [0.3, 0.4) is 0 Å². The zero-order chi connectivity index (χ0) is 24.7. The van der Waals surface area contributed by atoms with Crippen molar-refractivity contribution in [3.63, 3.8) is 0 Å². The van der Waals surface area contributed by atoms with Crippen molar-refractivity contribution in [2.75, 3.05) is 18.0 Å². The standard InChI is InChI=1S/C25H32N8O2/c1-4-5-13-32-21-22(29-24(32)31-12-8-9-17(26)14-31)30(3)25(35)33(23(21)34)15-20-27-16(2)18-10-6-7-11-19(18)28-20/h6-7,10-11,17H,4-5,8-9,12-15,26H2,1-3H3. The Morgan fingerprint density at radius 1 is 1.11 bits per heavy atom. The summed E-state index contributed by atoms with van der Waals surface area (Å²) in [6.07, 6.45) is 3.82. The predicted molar refractivity (Wildman–Crippen MR) is 137 cm³/mol. The maximum Gasteiger partial charge on any atom is 0.332 e. The van der Waals surface area contributed by atoms with Gasteiger partial charge in [-0.25, -0.2) is 14.8 Å². The fraction of sp³-hybridized carbons (Fsp3) is 0.480. The Hall–Kier alpha value is -3.53. The lowest BCUT2D eigenvalue weighted by Crippen LogP contribution is -2.44. The van der Waals surface area contributed by atoms with Gasteiger partial charge in [0, 0.05) is 43.8 Å². The van der Waals surface area contributed by atoms with Gasteiger partial charge >= 0.3 is 5.69 Å². The number of piperidine rings is 1. The monoisotopic (exact) mass is 476 g/mol. The number of para-hydroxylation sites is 1. The molecule has 1 atom stereocenters. The zero-order valence-electron chi connectivity index (χ0n) is 20.6. The summed E-state index contributed by atoms with van der Waals surface area (Å²) in [5.74, 6) is 1.15. The molecule has 0 radical (unpaired) electrons. The van der Waals surface area contributed by atoms with Crippen molar-refractivity contribution in [1.29, 1.82) is 0 Å². The lowest BCUT2D eigenvalue weighted by atomic mass is 10.1. The number of imidazole rings is 1. The highest BCUT2D eigenvalue weighted by atomic mass is 16.2. The number of anilines is 1. The summed E-state index contributed by atoms with van der Waals surface area (Å²) in [6.45, 7) is 6.18. The molecule has 4 heterocycles. The molecule has 0 bridgehead atoms. The highest BCUT2D eigenvalue weighted by molar-refractivity contribution is 5.80. The van der Waals surface area contributed by atoms with Crippen LogP contribution >= 0.6 is 0 Å². The maximum atomic E-state index is 13.8. The van der Waals surface area contributed by atoms with E-state index in [0.29, 0.717) is 36.0 Å². The molecule has 0 amide bonds. The minimum atomic E-state index is -0.432. The summed E-state index contributed by atoms with van der Waals surface area (Å²) in [6, 6.07) is 7.79. The molecule has 35 heavy (non-hydrogen) atoms. The molecule has 0 aliphatic carbocycles. The molecule has 3 aromatic heterocycles. The van der Waals surface area contributed by atoms with E-state index in [9.17, 15) is 9.59 Å². The summed E-state index contributed by atoms with van der Waals surface area (Å²) < 4.78 is 4.66. The van der Waals surface area contributed by atoms with Crippen LogP contribution in [-0.2, 0) is 20.1 Å². The molecule has 1 aliphatic rings. The molecular formula is C25H32N8O2. The van der Waals surface area contributed by atoms with Crippen molar-refractivity contribution in [2.45, 2.75) is 58.7 Å². The predicted octanol–water partition coefficient (Wildman–Crippen LogP) is 1.92. The number of hydrogen-bond acceptors (Lipinski definition) is 7. The Labute approximate surface area is 203 Å². The topological polar surface area (TPSA) is 117 Å². The average Bonchev–Trinajstić information content (AvgIpc) is 3.24.